The normalized spacial score (nSPS) is 14.3. The molecule has 0 spiro atoms. The summed E-state index contributed by atoms with van der Waals surface area (Å²) >= 11 is 0. The Hall–Kier alpha value is -2.30. The number of anilines is 1. The molecule has 0 bridgehead atoms. The van der Waals surface area contributed by atoms with Gasteiger partial charge in [-0.1, -0.05) is 0 Å². The Kier molecular flexibility index (Phi) is 2.36. The Morgan fingerprint density at radius 1 is 1.25 bits per heavy atom. The third-order valence-corrected chi connectivity index (χ3v) is 3.83. The van der Waals surface area contributed by atoms with Crippen LogP contribution in [0.15, 0.2) is 22.6 Å². The number of hydrogen-bond donors (Lipinski definition) is 1. The minimum Gasteiger partial charge on any atom is -0.441 e. The molecule has 1 aliphatic heterocycles. The Bertz CT molecular complexity index is 800. The lowest BCUT2D eigenvalue weighted by molar-refractivity contribution is 0.561. The van der Waals surface area contributed by atoms with Gasteiger partial charge in [-0.2, -0.15) is 0 Å². The van der Waals surface area contributed by atoms with Gasteiger partial charge in [0.2, 0.25) is 5.95 Å². The lowest BCUT2D eigenvalue weighted by atomic mass is 10.1. The fourth-order valence-electron chi connectivity index (χ4n) is 2.84. The van der Waals surface area contributed by atoms with Gasteiger partial charge in [-0.25, -0.2) is 9.97 Å². The Morgan fingerprint density at radius 2 is 2.15 bits per heavy atom. The Balaban J connectivity index is 1.87. The fraction of sp³-hybridized carbons (Fsp3) is 0.333. The summed E-state index contributed by atoms with van der Waals surface area (Å²) in [5, 5.41) is 3.35. The first-order chi connectivity index (χ1) is 9.72. The molecule has 0 saturated heterocycles. The molecule has 3 aromatic rings. The van der Waals surface area contributed by atoms with Crippen molar-refractivity contribution in [1.29, 1.82) is 0 Å². The highest BCUT2D eigenvalue weighted by atomic mass is 16.3. The summed E-state index contributed by atoms with van der Waals surface area (Å²) in [5.74, 6) is 1.67. The summed E-state index contributed by atoms with van der Waals surface area (Å²) < 4.78 is 7.77. The van der Waals surface area contributed by atoms with E-state index in [2.05, 4.69) is 21.8 Å². The van der Waals surface area contributed by atoms with Gasteiger partial charge in [-0.15, -0.1) is 0 Å². The predicted molar refractivity (Wildman–Crippen MR) is 77.8 cm³/mol. The number of nitrogens with one attached hydrogen (secondary N) is 1. The zero-order valence-corrected chi connectivity index (χ0v) is 11.6. The lowest BCUT2D eigenvalue weighted by Crippen LogP contribution is -2.17. The van der Waals surface area contributed by atoms with E-state index in [-0.39, 0.29) is 0 Å². The molecule has 0 atom stereocenters. The Morgan fingerprint density at radius 3 is 3.00 bits per heavy atom. The van der Waals surface area contributed by atoms with Gasteiger partial charge in [0.15, 0.2) is 11.5 Å². The van der Waals surface area contributed by atoms with E-state index in [0.717, 1.165) is 47.8 Å². The van der Waals surface area contributed by atoms with Gasteiger partial charge in [-0.3, -0.25) is 0 Å². The van der Waals surface area contributed by atoms with Crippen LogP contribution >= 0.6 is 0 Å². The maximum Gasteiger partial charge on any atom is 0.203 e. The van der Waals surface area contributed by atoms with Crippen LogP contribution in [-0.4, -0.2) is 21.1 Å². The minimum atomic E-state index is 0.694. The quantitative estimate of drug-likeness (QED) is 0.736. The van der Waals surface area contributed by atoms with Crippen molar-refractivity contribution >= 4 is 17.0 Å². The third kappa shape index (κ3) is 1.62. The molecule has 3 heterocycles. The molecule has 1 aliphatic rings. The highest BCUT2D eigenvalue weighted by molar-refractivity contribution is 5.80. The van der Waals surface area contributed by atoms with Crippen LogP contribution in [0, 0.1) is 13.8 Å². The number of rotatable bonds is 1. The van der Waals surface area contributed by atoms with Crippen LogP contribution < -0.4 is 5.32 Å². The topological polar surface area (TPSA) is 55.9 Å². The summed E-state index contributed by atoms with van der Waals surface area (Å²) in [7, 11) is 0. The molecule has 0 unspecified atom stereocenters. The molecule has 20 heavy (non-hydrogen) atoms. The van der Waals surface area contributed by atoms with E-state index in [9.17, 15) is 0 Å². The second-order valence-electron chi connectivity index (χ2n) is 5.22. The summed E-state index contributed by atoms with van der Waals surface area (Å²) in [4.78, 5) is 9.12. The standard InChI is InChI=1S/C15H16N4O/c1-9-14(18-15-16-6-3-7-19(9)15)11-4-5-13-12(8-11)17-10(2)20-13/h4-5,8H,3,6-7H2,1-2H3,(H,16,18). The minimum absolute atomic E-state index is 0.694. The highest BCUT2D eigenvalue weighted by Gasteiger charge is 2.18. The van der Waals surface area contributed by atoms with Crippen LogP contribution in [0.25, 0.3) is 22.4 Å². The zero-order chi connectivity index (χ0) is 13.7. The van der Waals surface area contributed by atoms with Gasteiger partial charge in [0.05, 0.1) is 5.69 Å². The van der Waals surface area contributed by atoms with Crippen molar-refractivity contribution in [2.45, 2.75) is 26.8 Å². The number of nitrogens with zero attached hydrogens (tertiary/aromatic N) is 3. The number of benzene rings is 1. The number of fused-ring (bicyclic) bond motifs is 2. The predicted octanol–water partition coefficient (Wildman–Crippen LogP) is 3.12. The van der Waals surface area contributed by atoms with E-state index < -0.39 is 0 Å². The van der Waals surface area contributed by atoms with Crippen molar-refractivity contribution in [2.24, 2.45) is 0 Å². The van der Waals surface area contributed by atoms with Crippen molar-refractivity contribution in [2.75, 3.05) is 11.9 Å². The smallest absolute Gasteiger partial charge is 0.203 e. The van der Waals surface area contributed by atoms with Gasteiger partial charge in [0.1, 0.15) is 5.52 Å². The van der Waals surface area contributed by atoms with Crippen molar-refractivity contribution in [3.8, 4) is 11.3 Å². The van der Waals surface area contributed by atoms with Gasteiger partial charge >= 0.3 is 0 Å². The first kappa shape index (κ1) is 11.5. The van der Waals surface area contributed by atoms with E-state index in [4.69, 9.17) is 9.40 Å². The Labute approximate surface area is 116 Å². The van der Waals surface area contributed by atoms with Crippen LogP contribution in [0.2, 0.25) is 0 Å². The van der Waals surface area contributed by atoms with Crippen LogP contribution in [0.4, 0.5) is 5.95 Å². The molecule has 5 heteroatoms. The summed E-state index contributed by atoms with van der Waals surface area (Å²) in [6.07, 6.45) is 1.14. The summed E-state index contributed by atoms with van der Waals surface area (Å²) in [6, 6.07) is 6.07. The molecular weight excluding hydrogens is 252 g/mol. The lowest BCUT2D eigenvalue weighted by Gasteiger charge is -2.16. The molecule has 0 fully saturated rings. The molecule has 0 aliphatic carbocycles. The molecule has 1 aromatic carbocycles. The van der Waals surface area contributed by atoms with Crippen LogP contribution in [0.1, 0.15) is 18.0 Å². The fourth-order valence-corrected chi connectivity index (χ4v) is 2.84. The van der Waals surface area contributed by atoms with Gasteiger partial charge in [0, 0.05) is 31.3 Å². The van der Waals surface area contributed by atoms with Crippen molar-refractivity contribution in [3.05, 3.63) is 29.8 Å². The van der Waals surface area contributed by atoms with E-state index in [1.807, 2.05) is 25.1 Å². The maximum absolute atomic E-state index is 5.52. The molecule has 0 saturated carbocycles. The molecule has 5 nitrogen and oxygen atoms in total. The first-order valence-corrected chi connectivity index (χ1v) is 6.91. The number of aryl methyl sites for hydroxylation is 1. The first-order valence-electron chi connectivity index (χ1n) is 6.91. The van der Waals surface area contributed by atoms with E-state index in [1.165, 1.54) is 5.69 Å². The van der Waals surface area contributed by atoms with E-state index in [1.54, 1.807) is 0 Å². The van der Waals surface area contributed by atoms with Gasteiger partial charge in [0.25, 0.3) is 0 Å². The second-order valence-corrected chi connectivity index (χ2v) is 5.22. The number of oxazole rings is 1. The number of imidazole rings is 1. The molecule has 2 aromatic heterocycles. The monoisotopic (exact) mass is 268 g/mol. The molecular formula is C15H16N4O. The van der Waals surface area contributed by atoms with Crippen LogP contribution in [0.3, 0.4) is 0 Å². The maximum atomic E-state index is 5.52. The van der Waals surface area contributed by atoms with Gasteiger partial charge in [-0.05, 0) is 31.5 Å². The second kappa shape index (κ2) is 4.10. The number of hydrogen-bond acceptors (Lipinski definition) is 4. The average Bonchev–Trinajstić information content (AvgIpc) is 2.98. The van der Waals surface area contributed by atoms with E-state index in [0.29, 0.717) is 5.89 Å². The molecule has 4 rings (SSSR count). The van der Waals surface area contributed by atoms with Gasteiger partial charge < -0.3 is 14.3 Å². The summed E-state index contributed by atoms with van der Waals surface area (Å²) in [5.41, 5.74) is 5.03. The van der Waals surface area contributed by atoms with Crippen molar-refractivity contribution in [3.63, 3.8) is 0 Å². The summed E-state index contributed by atoms with van der Waals surface area (Å²) in [6.45, 7) is 6.02. The molecule has 1 N–H and O–H groups in total. The highest BCUT2D eigenvalue weighted by Crippen LogP contribution is 2.30. The SMILES string of the molecule is Cc1nc2cc(-c3nc4n(c3C)CCCN4)ccc2o1. The van der Waals surface area contributed by atoms with E-state index >= 15 is 0 Å². The molecule has 0 amide bonds. The average molecular weight is 268 g/mol. The third-order valence-electron chi connectivity index (χ3n) is 3.83. The number of aromatic nitrogens is 3. The largest absolute Gasteiger partial charge is 0.441 e. The van der Waals surface area contributed by atoms with Crippen molar-refractivity contribution < 1.29 is 4.42 Å². The van der Waals surface area contributed by atoms with Crippen LogP contribution in [-0.2, 0) is 6.54 Å². The van der Waals surface area contributed by atoms with Crippen LogP contribution in [0.5, 0.6) is 0 Å². The molecule has 102 valence electrons. The molecule has 0 radical (unpaired) electrons. The zero-order valence-electron chi connectivity index (χ0n) is 11.6. The van der Waals surface area contributed by atoms with Crippen molar-refractivity contribution in [1.82, 2.24) is 14.5 Å².